The monoisotopic (exact) mass is 295 g/mol. The third-order valence-electron chi connectivity index (χ3n) is 5.20. The van der Waals surface area contributed by atoms with Crippen molar-refractivity contribution in [1.82, 2.24) is 4.90 Å². The molecule has 0 aromatic heterocycles. The van der Waals surface area contributed by atoms with Crippen LogP contribution in [0.2, 0.25) is 0 Å². The molecule has 1 aromatic carbocycles. The highest BCUT2D eigenvalue weighted by Gasteiger charge is 2.70. The molecule has 114 valence electrons. The fraction of sp³-hybridized carbons (Fsp3) is 0.562. The molecule has 1 spiro atoms. The molecule has 2 aliphatic rings. The zero-order chi connectivity index (χ0) is 15.3. The van der Waals surface area contributed by atoms with Crippen molar-refractivity contribution < 1.29 is 18.3 Å². The van der Waals surface area contributed by atoms with E-state index in [9.17, 15) is 13.6 Å². The number of halogens is 2. The predicted molar refractivity (Wildman–Crippen MR) is 73.6 cm³/mol. The third kappa shape index (κ3) is 2.06. The van der Waals surface area contributed by atoms with Gasteiger partial charge in [-0.3, -0.25) is 4.79 Å². The van der Waals surface area contributed by atoms with Crippen LogP contribution in [0.5, 0.6) is 0 Å². The Morgan fingerprint density at radius 2 is 1.95 bits per heavy atom. The van der Waals surface area contributed by atoms with Crippen LogP contribution in [0.15, 0.2) is 18.2 Å². The Balaban J connectivity index is 1.88. The first kappa shape index (κ1) is 14.4. The van der Waals surface area contributed by atoms with E-state index in [4.69, 9.17) is 4.74 Å². The number of carbonyl (C=O) groups is 1. The van der Waals surface area contributed by atoms with Crippen molar-refractivity contribution in [2.75, 3.05) is 20.2 Å². The number of piperidine rings is 1. The van der Waals surface area contributed by atoms with Gasteiger partial charge in [0.2, 0.25) is 5.91 Å². The minimum Gasteiger partial charge on any atom is -0.373 e. The maximum absolute atomic E-state index is 14.1. The first-order valence-corrected chi connectivity index (χ1v) is 7.20. The van der Waals surface area contributed by atoms with Gasteiger partial charge in [0.05, 0.1) is 0 Å². The van der Waals surface area contributed by atoms with E-state index in [-0.39, 0.29) is 11.3 Å². The second-order valence-corrected chi connectivity index (χ2v) is 6.12. The summed E-state index contributed by atoms with van der Waals surface area (Å²) in [6.45, 7) is 2.86. The van der Waals surface area contributed by atoms with Gasteiger partial charge in [-0.2, -0.15) is 0 Å². The second kappa shape index (κ2) is 4.77. The molecule has 2 fully saturated rings. The largest absolute Gasteiger partial charge is 0.373 e. The highest BCUT2D eigenvalue weighted by atomic mass is 19.1. The van der Waals surface area contributed by atoms with E-state index in [2.05, 4.69) is 0 Å². The van der Waals surface area contributed by atoms with Crippen LogP contribution in [-0.4, -0.2) is 31.0 Å². The summed E-state index contributed by atoms with van der Waals surface area (Å²) in [4.78, 5) is 13.2. The lowest BCUT2D eigenvalue weighted by molar-refractivity contribution is -0.131. The summed E-state index contributed by atoms with van der Waals surface area (Å²) >= 11 is 0. The molecule has 1 amide bonds. The van der Waals surface area contributed by atoms with Crippen LogP contribution in [0.4, 0.5) is 8.78 Å². The van der Waals surface area contributed by atoms with Crippen LogP contribution in [0, 0.1) is 17.0 Å². The molecule has 21 heavy (non-hydrogen) atoms. The number of amides is 1. The normalized spacial score (nSPS) is 27.0. The Hall–Kier alpha value is -1.49. The average Bonchev–Trinajstić information content (AvgIpc) is 3.10. The summed E-state index contributed by atoms with van der Waals surface area (Å²) in [6, 6.07) is 3.52. The van der Waals surface area contributed by atoms with Gasteiger partial charge < -0.3 is 9.64 Å². The number of benzene rings is 1. The topological polar surface area (TPSA) is 29.5 Å². The maximum Gasteiger partial charge on any atom is 0.219 e. The number of ether oxygens (including phenoxy) is 1. The molecule has 1 saturated heterocycles. The SMILES string of the molecule is COC1(c2cc(F)ccc2F)CC12CCN(C(C)=O)CC2. The van der Waals surface area contributed by atoms with E-state index < -0.39 is 17.2 Å². The van der Waals surface area contributed by atoms with E-state index in [0.29, 0.717) is 25.1 Å². The Labute approximate surface area is 122 Å². The number of likely N-dealkylation sites (tertiary alicyclic amines) is 1. The van der Waals surface area contributed by atoms with Gasteiger partial charge in [0.25, 0.3) is 0 Å². The van der Waals surface area contributed by atoms with Crippen LogP contribution in [-0.2, 0) is 15.1 Å². The van der Waals surface area contributed by atoms with Gasteiger partial charge >= 0.3 is 0 Å². The zero-order valence-corrected chi connectivity index (χ0v) is 12.3. The number of rotatable bonds is 2. The smallest absolute Gasteiger partial charge is 0.219 e. The lowest BCUT2D eigenvalue weighted by Gasteiger charge is -2.35. The van der Waals surface area contributed by atoms with Gasteiger partial charge in [-0.05, 0) is 37.5 Å². The minimum absolute atomic E-state index is 0.0606. The van der Waals surface area contributed by atoms with E-state index in [1.807, 2.05) is 0 Å². The fourth-order valence-electron chi connectivity index (χ4n) is 3.85. The van der Waals surface area contributed by atoms with Crippen LogP contribution in [0.3, 0.4) is 0 Å². The molecule has 1 aliphatic heterocycles. The molecule has 1 unspecified atom stereocenters. The number of nitrogens with zero attached hydrogens (tertiary/aromatic N) is 1. The van der Waals surface area contributed by atoms with Crippen LogP contribution < -0.4 is 0 Å². The van der Waals surface area contributed by atoms with Gasteiger partial charge in [0.1, 0.15) is 17.2 Å². The number of carbonyl (C=O) groups excluding carboxylic acids is 1. The molecule has 0 radical (unpaired) electrons. The number of methoxy groups -OCH3 is 1. The molecule has 3 rings (SSSR count). The van der Waals surface area contributed by atoms with Gasteiger partial charge in [-0.15, -0.1) is 0 Å². The third-order valence-corrected chi connectivity index (χ3v) is 5.20. The van der Waals surface area contributed by atoms with E-state index in [1.54, 1.807) is 18.9 Å². The molecule has 0 N–H and O–H groups in total. The minimum atomic E-state index is -0.748. The summed E-state index contributed by atoms with van der Waals surface area (Å²) < 4.78 is 33.3. The van der Waals surface area contributed by atoms with Gasteiger partial charge in [0, 0.05) is 38.1 Å². The van der Waals surface area contributed by atoms with Crippen molar-refractivity contribution in [2.24, 2.45) is 5.41 Å². The highest BCUT2D eigenvalue weighted by molar-refractivity contribution is 5.73. The summed E-state index contributed by atoms with van der Waals surface area (Å²) in [6.07, 6.45) is 2.20. The van der Waals surface area contributed by atoms with E-state index >= 15 is 0 Å². The van der Waals surface area contributed by atoms with Gasteiger partial charge in [0.15, 0.2) is 0 Å². The standard InChI is InChI=1S/C16H19F2NO2/c1-11(20)19-7-5-15(6-8-19)10-16(15,21-2)13-9-12(17)3-4-14(13)18/h3-4,9H,5-8,10H2,1-2H3. The lowest BCUT2D eigenvalue weighted by atomic mass is 9.86. The zero-order valence-electron chi connectivity index (χ0n) is 12.3. The molecular formula is C16H19F2NO2. The van der Waals surface area contributed by atoms with Gasteiger partial charge in [-0.25, -0.2) is 8.78 Å². The summed E-state index contributed by atoms with van der Waals surface area (Å²) in [7, 11) is 1.55. The Morgan fingerprint density at radius 1 is 1.29 bits per heavy atom. The molecule has 1 atom stereocenters. The van der Waals surface area contributed by atoms with Crippen molar-refractivity contribution in [3.05, 3.63) is 35.4 Å². The lowest BCUT2D eigenvalue weighted by Crippen LogP contribution is -2.40. The van der Waals surface area contributed by atoms with Crippen LogP contribution in [0.1, 0.15) is 31.7 Å². The summed E-state index contributed by atoms with van der Waals surface area (Å²) in [5.74, 6) is -0.819. The van der Waals surface area contributed by atoms with Crippen molar-refractivity contribution >= 4 is 5.91 Å². The molecule has 5 heteroatoms. The Bertz CT molecular complexity index is 582. The molecular weight excluding hydrogens is 276 g/mol. The van der Waals surface area contributed by atoms with Crippen molar-refractivity contribution in [3.63, 3.8) is 0 Å². The molecule has 1 heterocycles. The summed E-state index contributed by atoms with van der Waals surface area (Å²) in [5, 5.41) is 0. The first-order valence-electron chi connectivity index (χ1n) is 7.20. The van der Waals surface area contributed by atoms with Crippen LogP contribution >= 0.6 is 0 Å². The molecule has 3 nitrogen and oxygen atoms in total. The van der Waals surface area contributed by atoms with Crippen molar-refractivity contribution in [3.8, 4) is 0 Å². The van der Waals surface area contributed by atoms with Crippen LogP contribution in [0.25, 0.3) is 0 Å². The maximum atomic E-state index is 14.1. The molecule has 1 aliphatic carbocycles. The highest BCUT2D eigenvalue weighted by Crippen LogP contribution is 2.70. The van der Waals surface area contributed by atoms with Crippen molar-refractivity contribution in [2.45, 2.75) is 31.8 Å². The first-order chi connectivity index (χ1) is 9.94. The Morgan fingerprint density at radius 3 is 2.52 bits per heavy atom. The Kier molecular flexibility index (Phi) is 3.28. The van der Waals surface area contributed by atoms with Crippen molar-refractivity contribution in [1.29, 1.82) is 0 Å². The molecule has 1 aromatic rings. The van der Waals surface area contributed by atoms with Gasteiger partial charge in [-0.1, -0.05) is 0 Å². The fourth-order valence-corrected chi connectivity index (χ4v) is 3.85. The molecule has 0 bridgehead atoms. The van der Waals surface area contributed by atoms with E-state index in [1.165, 1.54) is 6.07 Å². The van der Waals surface area contributed by atoms with E-state index in [0.717, 1.165) is 25.0 Å². The number of hydrogen-bond donors (Lipinski definition) is 0. The molecule has 1 saturated carbocycles. The quantitative estimate of drug-likeness (QED) is 0.839. The average molecular weight is 295 g/mol. The summed E-state index contributed by atoms with van der Waals surface area (Å²) in [5.41, 5.74) is -0.619. The second-order valence-electron chi connectivity index (χ2n) is 6.12. The predicted octanol–water partition coefficient (Wildman–Crippen LogP) is 2.84. The number of hydrogen-bond acceptors (Lipinski definition) is 2.